The summed E-state index contributed by atoms with van der Waals surface area (Å²) >= 11 is 0. The van der Waals surface area contributed by atoms with Crippen molar-refractivity contribution in [1.82, 2.24) is 10.3 Å². The van der Waals surface area contributed by atoms with Crippen LogP contribution in [0.15, 0.2) is 48.7 Å². The highest BCUT2D eigenvalue weighted by atomic mass is 16.5. The topological polar surface area (TPSA) is 92.4 Å². The first-order valence-corrected chi connectivity index (χ1v) is 8.12. The van der Waals surface area contributed by atoms with Gasteiger partial charge in [0.25, 0.3) is 5.91 Å². The maximum Gasteiger partial charge on any atom is 0.256 e. The maximum atomic E-state index is 12.3. The van der Waals surface area contributed by atoms with Crippen molar-refractivity contribution < 1.29 is 14.3 Å². The minimum atomic E-state index is -0.397. The molecule has 1 aromatic carbocycles. The first-order valence-electron chi connectivity index (χ1n) is 8.12. The molecule has 0 unspecified atom stereocenters. The first kappa shape index (κ1) is 17.1. The van der Waals surface area contributed by atoms with E-state index in [4.69, 9.17) is 4.74 Å². The highest BCUT2D eigenvalue weighted by Gasteiger charge is 2.28. The zero-order chi connectivity index (χ0) is 17.6. The number of morpholine rings is 1. The van der Waals surface area contributed by atoms with Crippen molar-refractivity contribution in [3.63, 3.8) is 0 Å². The standard InChI is InChI=1S/C18H20N4O3/c1-12-16(19-9-10-25-12)18(24)21-14-7-8-15(20-11-14)22-17(23)13-5-3-2-4-6-13/h2-8,11-12,16,19H,9-10H2,1H3,(H,21,24)(H,20,22,23)/t12-,16+/m1/s1. The molecule has 1 aliphatic heterocycles. The molecule has 2 amide bonds. The molecule has 7 heteroatoms. The van der Waals surface area contributed by atoms with Gasteiger partial charge in [0.1, 0.15) is 11.9 Å². The van der Waals surface area contributed by atoms with Crippen LogP contribution in [-0.4, -0.2) is 42.1 Å². The molecule has 0 aliphatic carbocycles. The number of carbonyl (C=O) groups excluding carboxylic acids is 2. The van der Waals surface area contributed by atoms with E-state index in [0.29, 0.717) is 30.2 Å². The van der Waals surface area contributed by atoms with Gasteiger partial charge in [-0.2, -0.15) is 0 Å². The number of aromatic nitrogens is 1. The third kappa shape index (κ3) is 4.40. The largest absolute Gasteiger partial charge is 0.375 e. The Morgan fingerprint density at radius 3 is 2.64 bits per heavy atom. The molecular formula is C18H20N4O3. The molecule has 25 heavy (non-hydrogen) atoms. The predicted octanol–water partition coefficient (Wildman–Crippen LogP) is 1.65. The van der Waals surface area contributed by atoms with E-state index < -0.39 is 6.04 Å². The van der Waals surface area contributed by atoms with Gasteiger partial charge in [-0.1, -0.05) is 18.2 Å². The molecular weight excluding hydrogens is 320 g/mol. The van der Waals surface area contributed by atoms with Crippen molar-refractivity contribution in [2.45, 2.75) is 19.1 Å². The lowest BCUT2D eigenvalue weighted by Gasteiger charge is -2.29. The number of benzene rings is 1. The van der Waals surface area contributed by atoms with Crippen molar-refractivity contribution >= 4 is 23.3 Å². The van der Waals surface area contributed by atoms with E-state index in [9.17, 15) is 9.59 Å². The second-order valence-corrected chi connectivity index (χ2v) is 5.75. The Bertz CT molecular complexity index is 734. The number of hydrogen-bond acceptors (Lipinski definition) is 5. The van der Waals surface area contributed by atoms with Crippen LogP contribution >= 0.6 is 0 Å². The number of carbonyl (C=O) groups is 2. The van der Waals surface area contributed by atoms with E-state index in [1.165, 1.54) is 6.20 Å². The van der Waals surface area contributed by atoms with Crippen molar-refractivity contribution in [3.8, 4) is 0 Å². The summed E-state index contributed by atoms with van der Waals surface area (Å²) < 4.78 is 5.47. The lowest BCUT2D eigenvalue weighted by atomic mass is 10.1. The fourth-order valence-corrected chi connectivity index (χ4v) is 2.57. The highest BCUT2D eigenvalue weighted by Crippen LogP contribution is 2.13. The number of anilines is 2. The van der Waals surface area contributed by atoms with Crippen LogP contribution < -0.4 is 16.0 Å². The molecule has 1 saturated heterocycles. The quantitative estimate of drug-likeness (QED) is 0.787. The van der Waals surface area contributed by atoms with Crippen LogP contribution in [0.3, 0.4) is 0 Å². The molecule has 2 heterocycles. The zero-order valence-electron chi connectivity index (χ0n) is 13.9. The second-order valence-electron chi connectivity index (χ2n) is 5.75. The third-order valence-electron chi connectivity index (χ3n) is 3.91. The van der Waals surface area contributed by atoms with Gasteiger partial charge in [0, 0.05) is 12.1 Å². The monoisotopic (exact) mass is 340 g/mol. The summed E-state index contributed by atoms with van der Waals surface area (Å²) in [4.78, 5) is 28.5. The molecule has 1 aliphatic rings. The second kappa shape index (κ2) is 7.87. The minimum Gasteiger partial charge on any atom is -0.375 e. The Kier molecular flexibility index (Phi) is 5.37. The van der Waals surface area contributed by atoms with E-state index in [0.717, 1.165) is 0 Å². The van der Waals surface area contributed by atoms with Crippen LogP contribution in [0.4, 0.5) is 11.5 Å². The number of nitrogens with one attached hydrogen (secondary N) is 3. The molecule has 2 aromatic rings. The molecule has 7 nitrogen and oxygen atoms in total. The van der Waals surface area contributed by atoms with Gasteiger partial charge in [-0.25, -0.2) is 4.98 Å². The lowest BCUT2D eigenvalue weighted by Crippen LogP contribution is -2.53. The van der Waals surface area contributed by atoms with Gasteiger partial charge in [-0.3, -0.25) is 9.59 Å². The molecule has 0 radical (unpaired) electrons. The predicted molar refractivity (Wildman–Crippen MR) is 94.5 cm³/mol. The Labute approximate surface area is 145 Å². The van der Waals surface area contributed by atoms with E-state index in [-0.39, 0.29) is 17.9 Å². The SMILES string of the molecule is C[C@H]1OCCN[C@@H]1C(=O)Nc1ccc(NC(=O)c2ccccc2)nc1. The number of rotatable bonds is 4. The van der Waals surface area contributed by atoms with Crippen LogP contribution in [0.25, 0.3) is 0 Å². The van der Waals surface area contributed by atoms with E-state index in [1.54, 1.807) is 36.4 Å². The summed E-state index contributed by atoms with van der Waals surface area (Å²) in [6.45, 7) is 3.10. The van der Waals surface area contributed by atoms with Gasteiger partial charge >= 0.3 is 0 Å². The lowest BCUT2D eigenvalue weighted by molar-refractivity contribution is -0.123. The number of amides is 2. The number of nitrogens with zero attached hydrogens (tertiary/aromatic N) is 1. The van der Waals surface area contributed by atoms with Gasteiger partial charge in [0.15, 0.2) is 0 Å². The highest BCUT2D eigenvalue weighted by molar-refractivity contribution is 6.03. The summed E-state index contributed by atoms with van der Waals surface area (Å²) in [6, 6.07) is 11.8. The van der Waals surface area contributed by atoms with Crippen molar-refractivity contribution in [3.05, 3.63) is 54.2 Å². The molecule has 0 saturated carbocycles. The van der Waals surface area contributed by atoms with Crippen molar-refractivity contribution in [2.24, 2.45) is 0 Å². The Morgan fingerprint density at radius 2 is 1.96 bits per heavy atom. The summed E-state index contributed by atoms with van der Waals surface area (Å²) in [5.41, 5.74) is 1.11. The van der Waals surface area contributed by atoms with Crippen LogP contribution in [0.5, 0.6) is 0 Å². The van der Waals surface area contributed by atoms with E-state index in [1.807, 2.05) is 13.0 Å². The number of hydrogen-bond donors (Lipinski definition) is 3. The number of ether oxygens (including phenoxy) is 1. The maximum absolute atomic E-state index is 12.3. The van der Waals surface area contributed by atoms with E-state index >= 15 is 0 Å². The van der Waals surface area contributed by atoms with Gasteiger partial charge in [0.05, 0.1) is 24.6 Å². The number of pyridine rings is 1. The normalized spacial score (nSPS) is 19.9. The Hall–Kier alpha value is -2.77. The first-order chi connectivity index (χ1) is 12.1. The summed E-state index contributed by atoms with van der Waals surface area (Å²) in [6.07, 6.45) is 1.32. The minimum absolute atomic E-state index is 0.171. The summed E-state index contributed by atoms with van der Waals surface area (Å²) in [5.74, 6) is 0.0108. The van der Waals surface area contributed by atoms with Gasteiger partial charge < -0.3 is 20.7 Å². The molecule has 2 atom stereocenters. The van der Waals surface area contributed by atoms with E-state index in [2.05, 4.69) is 20.9 Å². The zero-order valence-corrected chi connectivity index (χ0v) is 13.9. The van der Waals surface area contributed by atoms with Gasteiger partial charge in [-0.15, -0.1) is 0 Å². The molecule has 130 valence electrons. The van der Waals surface area contributed by atoms with Gasteiger partial charge in [0.2, 0.25) is 5.91 Å². The van der Waals surface area contributed by atoms with Crippen LogP contribution in [-0.2, 0) is 9.53 Å². The smallest absolute Gasteiger partial charge is 0.256 e. The molecule has 0 spiro atoms. The Morgan fingerprint density at radius 1 is 1.16 bits per heavy atom. The van der Waals surface area contributed by atoms with Crippen molar-refractivity contribution in [1.29, 1.82) is 0 Å². The molecule has 0 bridgehead atoms. The Balaban J connectivity index is 1.58. The van der Waals surface area contributed by atoms with Crippen LogP contribution in [0.2, 0.25) is 0 Å². The van der Waals surface area contributed by atoms with Crippen LogP contribution in [0, 0.1) is 0 Å². The van der Waals surface area contributed by atoms with Crippen molar-refractivity contribution in [2.75, 3.05) is 23.8 Å². The fraction of sp³-hybridized carbons (Fsp3) is 0.278. The fourth-order valence-electron chi connectivity index (χ4n) is 2.57. The summed E-state index contributed by atoms with van der Waals surface area (Å²) in [5, 5.41) is 8.64. The average Bonchev–Trinajstić information content (AvgIpc) is 2.64. The van der Waals surface area contributed by atoms with Gasteiger partial charge in [-0.05, 0) is 31.2 Å². The molecule has 3 rings (SSSR count). The molecule has 3 N–H and O–H groups in total. The van der Waals surface area contributed by atoms with Crippen LogP contribution in [0.1, 0.15) is 17.3 Å². The molecule has 1 aromatic heterocycles. The molecule has 1 fully saturated rings. The summed E-state index contributed by atoms with van der Waals surface area (Å²) in [7, 11) is 0. The average molecular weight is 340 g/mol. The third-order valence-corrected chi connectivity index (χ3v) is 3.91.